The number of nitrogens with zero attached hydrogens (tertiary/aromatic N) is 1. The molecule has 0 unspecified atom stereocenters. The molecule has 3 heterocycles. The zero-order chi connectivity index (χ0) is 15.6. The van der Waals surface area contributed by atoms with Crippen molar-refractivity contribution in [2.75, 3.05) is 18.5 Å². The van der Waals surface area contributed by atoms with Gasteiger partial charge in [-0.05, 0) is 25.0 Å². The van der Waals surface area contributed by atoms with Crippen LogP contribution in [-0.4, -0.2) is 24.2 Å². The van der Waals surface area contributed by atoms with Crippen LogP contribution in [0.1, 0.15) is 12.8 Å². The first-order valence-electron chi connectivity index (χ1n) is 7.64. The number of fused-ring (bicyclic) bond motifs is 1. The van der Waals surface area contributed by atoms with Gasteiger partial charge in [-0.2, -0.15) is 0 Å². The summed E-state index contributed by atoms with van der Waals surface area (Å²) in [4.78, 5) is 16.7. The molecule has 0 amide bonds. The Morgan fingerprint density at radius 3 is 3.13 bits per heavy atom. The highest BCUT2D eigenvalue weighted by Gasteiger charge is 2.16. The number of nitrogens with one attached hydrogen (secondary N) is 1. The Labute approximate surface area is 136 Å². The molecule has 5 nitrogen and oxygen atoms in total. The van der Waals surface area contributed by atoms with E-state index in [1.54, 1.807) is 6.07 Å². The van der Waals surface area contributed by atoms with Crippen molar-refractivity contribution in [1.29, 1.82) is 0 Å². The summed E-state index contributed by atoms with van der Waals surface area (Å²) in [5.41, 5.74) is 1.36. The van der Waals surface area contributed by atoms with Gasteiger partial charge in [-0.3, -0.25) is 0 Å². The highest BCUT2D eigenvalue weighted by atomic mass is 32.1. The number of thiazole rings is 1. The van der Waals surface area contributed by atoms with Gasteiger partial charge < -0.3 is 14.5 Å². The minimum atomic E-state index is -0.361. The molecule has 1 aliphatic heterocycles. The molecule has 0 spiro atoms. The monoisotopic (exact) mass is 328 g/mol. The largest absolute Gasteiger partial charge is 0.422 e. The van der Waals surface area contributed by atoms with E-state index in [-0.39, 0.29) is 11.7 Å². The maximum absolute atomic E-state index is 12.2. The standard InChI is InChI=1S/C17H16N2O3S/c20-16-13(8-11-4-1-2-6-15(11)22-16)14-10-23-17(19-14)18-9-12-5-3-7-21-12/h1-2,4,6,8,10,12H,3,5,7,9H2,(H,18,19)/t12-/m0/s1. The van der Waals surface area contributed by atoms with Crippen LogP contribution in [0.15, 0.2) is 44.9 Å². The van der Waals surface area contributed by atoms with Crippen molar-refractivity contribution >= 4 is 27.4 Å². The number of rotatable bonds is 4. The number of hydrogen-bond acceptors (Lipinski definition) is 6. The van der Waals surface area contributed by atoms with Gasteiger partial charge in [0.25, 0.3) is 0 Å². The summed E-state index contributed by atoms with van der Waals surface area (Å²) in [6.45, 7) is 1.59. The van der Waals surface area contributed by atoms with E-state index in [9.17, 15) is 4.79 Å². The zero-order valence-corrected chi connectivity index (χ0v) is 13.3. The first kappa shape index (κ1) is 14.4. The first-order chi connectivity index (χ1) is 11.3. The Bertz CT molecular complexity index is 881. The normalized spacial score (nSPS) is 17.7. The average molecular weight is 328 g/mol. The molecule has 0 saturated carbocycles. The predicted octanol–water partition coefficient (Wildman–Crippen LogP) is 3.51. The van der Waals surface area contributed by atoms with Crippen molar-refractivity contribution in [3.05, 3.63) is 46.1 Å². The molecule has 0 aliphatic carbocycles. The van der Waals surface area contributed by atoms with Crippen LogP contribution in [0.2, 0.25) is 0 Å². The third-order valence-electron chi connectivity index (χ3n) is 3.93. The summed E-state index contributed by atoms with van der Waals surface area (Å²) >= 11 is 1.48. The lowest BCUT2D eigenvalue weighted by Gasteiger charge is -2.09. The topological polar surface area (TPSA) is 64.4 Å². The van der Waals surface area contributed by atoms with Crippen molar-refractivity contribution in [3.63, 3.8) is 0 Å². The molecule has 118 valence electrons. The van der Waals surface area contributed by atoms with E-state index in [0.717, 1.165) is 36.5 Å². The Balaban J connectivity index is 1.58. The fourth-order valence-electron chi connectivity index (χ4n) is 2.73. The van der Waals surface area contributed by atoms with Crippen molar-refractivity contribution in [3.8, 4) is 11.3 Å². The van der Waals surface area contributed by atoms with Gasteiger partial charge in [-0.25, -0.2) is 9.78 Å². The molecule has 1 N–H and O–H groups in total. The third-order valence-corrected chi connectivity index (χ3v) is 4.73. The van der Waals surface area contributed by atoms with Crippen molar-refractivity contribution < 1.29 is 9.15 Å². The fraction of sp³-hybridized carbons (Fsp3) is 0.294. The van der Waals surface area contributed by atoms with Gasteiger partial charge in [0.1, 0.15) is 5.58 Å². The molecule has 1 saturated heterocycles. The van der Waals surface area contributed by atoms with Crippen LogP contribution < -0.4 is 10.9 Å². The Morgan fingerprint density at radius 2 is 2.26 bits per heavy atom. The molecule has 2 aromatic heterocycles. The summed E-state index contributed by atoms with van der Waals surface area (Å²) in [5.74, 6) is 0. The van der Waals surface area contributed by atoms with Crippen LogP contribution in [0, 0.1) is 0 Å². The predicted molar refractivity (Wildman–Crippen MR) is 91.1 cm³/mol. The van der Waals surface area contributed by atoms with Gasteiger partial charge in [0.15, 0.2) is 5.13 Å². The quantitative estimate of drug-likeness (QED) is 0.743. The summed E-state index contributed by atoms with van der Waals surface area (Å²) in [7, 11) is 0. The summed E-state index contributed by atoms with van der Waals surface area (Å²) in [6.07, 6.45) is 2.46. The molecular formula is C17H16N2O3S. The maximum Gasteiger partial charge on any atom is 0.345 e. The average Bonchev–Trinajstić information content (AvgIpc) is 3.24. The van der Waals surface area contributed by atoms with Crippen molar-refractivity contribution in [1.82, 2.24) is 4.98 Å². The molecular weight excluding hydrogens is 312 g/mol. The Kier molecular flexibility index (Phi) is 3.85. The van der Waals surface area contributed by atoms with E-state index >= 15 is 0 Å². The van der Waals surface area contributed by atoms with E-state index in [1.807, 2.05) is 29.6 Å². The lowest BCUT2D eigenvalue weighted by Crippen LogP contribution is -2.18. The van der Waals surface area contributed by atoms with E-state index in [4.69, 9.17) is 9.15 Å². The Morgan fingerprint density at radius 1 is 1.35 bits per heavy atom. The van der Waals surface area contributed by atoms with Crippen LogP contribution in [0.3, 0.4) is 0 Å². The van der Waals surface area contributed by atoms with Gasteiger partial charge in [0, 0.05) is 23.9 Å². The number of ether oxygens (including phenoxy) is 1. The molecule has 23 heavy (non-hydrogen) atoms. The Hall–Kier alpha value is -2.18. The number of anilines is 1. The summed E-state index contributed by atoms with van der Waals surface area (Å²) in [6, 6.07) is 9.31. The van der Waals surface area contributed by atoms with Crippen molar-refractivity contribution in [2.45, 2.75) is 18.9 Å². The maximum atomic E-state index is 12.2. The number of benzene rings is 1. The van der Waals surface area contributed by atoms with Crippen LogP contribution in [-0.2, 0) is 4.74 Å². The molecule has 4 rings (SSSR count). The molecule has 0 bridgehead atoms. The second-order valence-electron chi connectivity index (χ2n) is 5.54. The second-order valence-corrected chi connectivity index (χ2v) is 6.40. The fourth-order valence-corrected chi connectivity index (χ4v) is 3.45. The smallest absolute Gasteiger partial charge is 0.345 e. The summed E-state index contributed by atoms with van der Waals surface area (Å²) in [5, 5.41) is 6.84. The minimum Gasteiger partial charge on any atom is -0.422 e. The lowest BCUT2D eigenvalue weighted by molar-refractivity contribution is 0.120. The number of para-hydroxylation sites is 1. The number of hydrogen-bond donors (Lipinski definition) is 1. The van der Waals surface area contributed by atoms with Gasteiger partial charge >= 0.3 is 5.63 Å². The highest BCUT2D eigenvalue weighted by Crippen LogP contribution is 2.25. The molecule has 6 heteroatoms. The van der Waals surface area contributed by atoms with Gasteiger partial charge in [0.2, 0.25) is 0 Å². The molecule has 3 aromatic rings. The summed E-state index contributed by atoms with van der Waals surface area (Å²) < 4.78 is 10.9. The van der Waals surface area contributed by atoms with E-state index < -0.39 is 0 Å². The molecule has 1 aromatic carbocycles. The van der Waals surface area contributed by atoms with E-state index in [1.165, 1.54) is 11.3 Å². The van der Waals surface area contributed by atoms with Gasteiger partial charge in [-0.15, -0.1) is 11.3 Å². The van der Waals surface area contributed by atoms with Crippen molar-refractivity contribution in [2.24, 2.45) is 0 Å². The van der Waals surface area contributed by atoms with Gasteiger partial charge in [0.05, 0.1) is 17.4 Å². The van der Waals surface area contributed by atoms with Gasteiger partial charge in [-0.1, -0.05) is 18.2 Å². The van der Waals surface area contributed by atoms with Crippen LogP contribution >= 0.6 is 11.3 Å². The third kappa shape index (κ3) is 3.00. The molecule has 1 fully saturated rings. The highest BCUT2D eigenvalue weighted by molar-refractivity contribution is 7.14. The minimum absolute atomic E-state index is 0.257. The second kappa shape index (κ2) is 6.14. The van der Waals surface area contributed by atoms with Crippen LogP contribution in [0.5, 0.6) is 0 Å². The van der Waals surface area contributed by atoms with E-state index in [2.05, 4.69) is 10.3 Å². The van der Waals surface area contributed by atoms with Crippen LogP contribution in [0.25, 0.3) is 22.2 Å². The molecule has 0 radical (unpaired) electrons. The van der Waals surface area contributed by atoms with Crippen LogP contribution in [0.4, 0.5) is 5.13 Å². The SMILES string of the molecule is O=c1oc2ccccc2cc1-c1csc(NC[C@@H]2CCCO2)n1. The molecule has 1 aliphatic rings. The first-order valence-corrected chi connectivity index (χ1v) is 8.52. The van der Waals surface area contributed by atoms with E-state index in [0.29, 0.717) is 16.8 Å². The molecule has 1 atom stereocenters. The zero-order valence-electron chi connectivity index (χ0n) is 12.5. The lowest BCUT2D eigenvalue weighted by atomic mass is 10.1. The number of aromatic nitrogens is 1.